The van der Waals surface area contributed by atoms with Crippen LogP contribution in [0.15, 0.2) is 36.8 Å². The van der Waals surface area contributed by atoms with Gasteiger partial charge < -0.3 is 11.1 Å². The summed E-state index contributed by atoms with van der Waals surface area (Å²) in [7, 11) is 0. The third-order valence-corrected chi connectivity index (χ3v) is 3.25. The minimum Gasteiger partial charge on any atom is -0.399 e. The molecule has 2 rings (SSSR count). The number of hydrogen-bond acceptors (Lipinski definition) is 4. The molecule has 1 aromatic carbocycles. The summed E-state index contributed by atoms with van der Waals surface area (Å²) in [5, 5.41) is 3.35. The van der Waals surface area contributed by atoms with Crippen LogP contribution < -0.4 is 11.1 Å². The van der Waals surface area contributed by atoms with E-state index in [-0.39, 0.29) is 6.04 Å². The van der Waals surface area contributed by atoms with Crippen molar-refractivity contribution in [1.29, 1.82) is 0 Å². The molecule has 0 saturated heterocycles. The van der Waals surface area contributed by atoms with E-state index >= 15 is 0 Å². The molecule has 0 aliphatic carbocycles. The Kier molecular flexibility index (Phi) is 3.78. The molecule has 1 atom stereocenters. The second kappa shape index (κ2) is 5.31. The standard InChI is InChI=1S/C12H13IN4/c1-8(9-2-4-10(14)5-3-9)17-12-11(13)6-15-7-16-12/h2-8H,14H2,1H3,(H,15,16,17). The molecule has 1 heterocycles. The van der Waals surface area contributed by atoms with Crippen molar-refractivity contribution in [3.05, 3.63) is 45.9 Å². The molecule has 4 nitrogen and oxygen atoms in total. The minimum absolute atomic E-state index is 0.180. The first-order chi connectivity index (χ1) is 8.16. The first-order valence-corrected chi connectivity index (χ1v) is 6.32. The molecule has 0 spiro atoms. The molecular weight excluding hydrogens is 327 g/mol. The number of nitrogens with one attached hydrogen (secondary N) is 1. The van der Waals surface area contributed by atoms with Crippen LogP contribution in [-0.2, 0) is 0 Å². The maximum Gasteiger partial charge on any atom is 0.143 e. The zero-order valence-corrected chi connectivity index (χ0v) is 11.5. The number of aromatic nitrogens is 2. The van der Waals surface area contributed by atoms with Crippen LogP contribution in [0.1, 0.15) is 18.5 Å². The van der Waals surface area contributed by atoms with Crippen LogP contribution in [0.4, 0.5) is 11.5 Å². The zero-order valence-electron chi connectivity index (χ0n) is 9.39. The quantitative estimate of drug-likeness (QED) is 0.666. The fourth-order valence-electron chi connectivity index (χ4n) is 1.49. The van der Waals surface area contributed by atoms with Gasteiger partial charge in [0.25, 0.3) is 0 Å². The predicted octanol–water partition coefficient (Wildman–Crippen LogP) is 2.84. The first-order valence-electron chi connectivity index (χ1n) is 5.24. The summed E-state index contributed by atoms with van der Waals surface area (Å²) in [6.07, 6.45) is 3.33. The molecule has 5 heteroatoms. The highest BCUT2D eigenvalue weighted by Crippen LogP contribution is 2.21. The van der Waals surface area contributed by atoms with Gasteiger partial charge in [0.05, 0.1) is 3.57 Å². The fraction of sp³-hybridized carbons (Fsp3) is 0.167. The van der Waals surface area contributed by atoms with Crippen molar-refractivity contribution < 1.29 is 0 Å². The van der Waals surface area contributed by atoms with Crippen LogP contribution >= 0.6 is 22.6 Å². The van der Waals surface area contributed by atoms with Gasteiger partial charge in [0.2, 0.25) is 0 Å². The molecule has 17 heavy (non-hydrogen) atoms. The Hall–Kier alpha value is -1.37. The number of nitrogen functional groups attached to an aromatic ring is 1. The molecule has 2 aromatic rings. The molecule has 88 valence electrons. The number of nitrogens with two attached hydrogens (primary N) is 1. The van der Waals surface area contributed by atoms with Gasteiger partial charge in [-0.1, -0.05) is 12.1 Å². The van der Waals surface area contributed by atoms with Gasteiger partial charge in [-0.25, -0.2) is 9.97 Å². The van der Waals surface area contributed by atoms with Gasteiger partial charge in [-0.2, -0.15) is 0 Å². The van der Waals surface area contributed by atoms with E-state index in [0.717, 1.165) is 15.1 Å². The van der Waals surface area contributed by atoms with E-state index in [1.165, 1.54) is 5.56 Å². The second-order valence-electron chi connectivity index (χ2n) is 3.75. The Morgan fingerprint density at radius 3 is 2.65 bits per heavy atom. The molecular formula is C12H13IN4. The van der Waals surface area contributed by atoms with E-state index in [1.807, 2.05) is 24.3 Å². The number of benzene rings is 1. The van der Waals surface area contributed by atoms with Gasteiger partial charge in [0.15, 0.2) is 0 Å². The summed E-state index contributed by atoms with van der Waals surface area (Å²) in [5.74, 6) is 0.852. The van der Waals surface area contributed by atoms with Gasteiger partial charge in [-0.15, -0.1) is 0 Å². The maximum atomic E-state index is 5.66. The highest BCUT2D eigenvalue weighted by atomic mass is 127. The van der Waals surface area contributed by atoms with E-state index in [1.54, 1.807) is 12.5 Å². The molecule has 0 amide bonds. The Morgan fingerprint density at radius 1 is 1.29 bits per heavy atom. The van der Waals surface area contributed by atoms with E-state index in [4.69, 9.17) is 5.73 Å². The van der Waals surface area contributed by atoms with Crippen LogP contribution in [-0.4, -0.2) is 9.97 Å². The molecule has 0 bridgehead atoms. The van der Waals surface area contributed by atoms with Crippen molar-refractivity contribution in [1.82, 2.24) is 9.97 Å². The summed E-state index contributed by atoms with van der Waals surface area (Å²) in [5.41, 5.74) is 7.61. The van der Waals surface area contributed by atoms with E-state index < -0.39 is 0 Å². The van der Waals surface area contributed by atoms with Gasteiger partial charge in [0.1, 0.15) is 12.1 Å². The number of rotatable bonds is 3. The van der Waals surface area contributed by atoms with Gasteiger partial charge in [-0.05, 0) is 47.2 Å². The zero-order chi connectivity index (χ0) is 12.3. The third-order valence-electron chi connectivity index (χ3n) is 2.46. The van der Waals surface area contributed by atoms with Crippen LogP contribution in [0.25, 0.3) is 0 Å². The molecule has 0 radical (unpaired) electrons. The largest absolute Gasteiger partial charge is 0.399 e. The molecule has 0 fully saturated rings. The number of hydrogen-bond donors (Lipinski definition) is 2. The lowest BCUT2D eigenvalue weighted by molar-refractivity contribution is 0.870. The predicted molar refractivity (Wildman–Crippen MR) is 77.6 cm³/mol. The number of anilines is 2. The monoisotopic (exact) mass is 340 g/mol. The van der Waals surface area contributed by atoms with Crippen molar-refractivity contribution in [2.75, 3.05) is 11.1 Å². The molecule has 1 aromatic heterocycles. The maximum absolute atomic E-state index is 5.66. The van der Waals surface area contributed by atoms with Gasteiger partial charge >= 0.3 is 0 Å². The van der Waals surface area contributed by atoms with Crippen molar-refractivity contribution in [2.45, 2.75) is 13.0 Å². The van der Waals surface area contributed by atoms with Gasteiger partial charge in [-0.3, -0.25) is 0 Å². The van der Waals surface area contributed by atoms with E-state index in [2.05, 4.69) is 44.8 Å². The lowest BCUT2D eigenvalue weighted by Crippen LogP contribution is -2.09. The average molecular weight is 340 g/mol. The number of nitrogens with zero attached hydrogens (tertiary/aromatic N) is 2. The summed E-state index contributed by atoms with van der Waals surface area (Å²) in [6.45, 7) is 2.09. The van der Waals surface area contributed by atoms with Crippen molar-refractivity contribution in [3.63, 3.8) is 0 Å². The normalized spacial score (nSPS) is 12.1. The van der Waals surface area contributed by atoms with Crippen LogP contribution in [0, 0.1) is 3.57 Å². The van der Waals surface area contributed by atoms with Crippen molar-refractivity contribution in [2.24, 2.45) is 0 Å². The molecule has 1 unspecified atom stereocenters. The molecule has 0 aliphatic heterocycles. The Morgan fingerprint density at radius 2 is 2.00 bits per heavy atom. The Labute approximate surface area is 114 Å². The van der Waals surface area contributed by atoms with E-state index in [0.29, 0.717) is 0 Å². The third kappa shape index (κ3) is 3.06. The highest BCUT2D eigenvalue weighted by Gasteiger charge is 2.07. The highest BCUT2D eigenvalue weighted by molar-refractivity contribution is 14.1. The van der Waals surface area contributed by atoms with Gasteiger partial charge in [0, 0.05) is 17.9 Å². The Balaban J connectivity index is 2.14. The Bertz CT molecular complexity index is 498. The van der Waals surface area contributed by atoms with Crippen LogP contribution in [0.3, 0.4) is 0 Å². The van der Waals surface area contributed by atoms with Crippen LogP contribution in [0.2, 0.25) is 0 Å². The van der Waals surface area contributed by atoms with Crippen molar-refractivity contribution in [3.8, 4) is 0 Å². The SMILES string of the molecule is CC(Nc1ncncc1I)c1ccc(N)cc1. The number of halogens is 1. The lowest BCUT2D eigenvalue weighted by atomic mass is 10.1. The lowest BCUT2D eigenvalue weighted by Gasteiger charge is -2.15. The van der Waals surface area contributed by atoms with Crippen molar-refractivity contribution >= 4 is 34.1 Å². The average Bonchev–Trinajstić information content (AvgIpc) is 2.33. The van der Waals surface area contributed by atoms with Crippen LogP contribution in [0.5, 0.6) is 0 Å². The molecule has 3 N–H and O–H groups in total. The smallest absolute Gasteiger partial charge is 0.143 e. The molecule has 0 aliphatic rings. The summed E-state index contributed by atoms with van der Waals surface area (Å²) < 4.78 is 1.01. The summed E-state index contributed by atoms with van der Waals surface area (Å²) >= 11 is 2.21. The minimum atomic E-state index is 0.180. The summed E-state index contributed by atoms with van der Waals surface area (Å²) in [4.78, 5) is 8.17. The second-order valence-corrected chi connectivity index (χ2v) is 4.91. The fourth-order valence-corrected chi connectivity index (χ4v) is 1.95. The molecule has 0 saturated carbocycles. The summed E-state index contributed by atoms with van der Waals surface area (Å²) in [6, 6.07) is 8.01. The topological polar surface area (TPSA) is 63.8 Å². The van der Waals surface area contributed by atoms with E-state index in [9.17, 15) is 0 Å². The first kappa shape index (κ1) is 12.1.